The quantitative estimate of drug-likeness (QED) is 0.644. The second kappa shape index (κ2) is 10.3. The maximum Gasteiger partial charge on any atom is 0.251 e. The van der Waals surface area contributed by atoms with Crippen LogP contribution in [0.4, 0.5) is 0 Å². The fourth-order valence-electron chi connectivity index (χ4n) is 3.35. The zero-order valence-electron chi connectivity index (χ0n) is 16.8. The number of sulfonamides is 1. The molecule has 5 nitrogen and oxygen atoms in total. The molecule has 2 aromatic carbocycles. The number of benzene rings is 2. The molecule has 1 heterocycles. The Balaban J connectivity index is 1.52. The fraction of sp³-hybridized carbons (Fsp3) is 0.409. The molecule has 1 aliphatic rings. The van der Waals surface area contributed by atoms with Crippen molar-refractivity contribution in [3.8, 4) is 0 Å². The Kier molecular flexibility index (Phi) is 7.75. The molecule has 0 unspecified atom stereocenters. The van der Waals surface area contributed by atoms with Crippen LogP contribution in [0.3, 0.4) is 0 Å². The molecule has 1 N–H and O–H groups in total. The first-order chi connectivity index (χ1) is 14.0. The molecule has 0 atom stereocenters. The largest absolute Gasteiger partial charge is 0.351 e. The van der Waals surface area contributed by atoms with E-state index in [2.05, 4.69) is 24.4 Å². The molecule has 0 spiro atoms. The molecule has 0 radical (unpaired) electrons. The Labute approximate surface area is 177 Å². The van der Waals surface area contributed by atoms with Gasteiger partial charge in [0.15, 0.2) is 0 Å². The third kappa shape index (κ3) is 5.84. The van der Waals surface area contributed by atoms with Crippen molar-refractivity contribution < 1.29 is 13.2 Å². The summed E-state index contributed by atoms with van der Waals surface area (Å²) in [7, 11) is -3.53. The Morgan fingerprint density at radius 1 is 1.07 bits per heavy atom. The Morgan fingerprint density at radius 3 is 2.59 bits per heavy atom. The molecule has 1 amide bonds. The lowest BCUT2D eigenvalue weighted by Gasteiger charge is -2.26. The first-order valence-corrected chi connectivity index (χ1v) is 12.6. The molecule has 1 fully saturated rings. The molecule has 3 rings (SSSR count). The Hall–Kier alpha value is -1.83. The van der Waals surface area contributed by atoms with Gasteiger partial charge in [0.05, 0.1) is 4.90 Å². The normalized spacial score (nSPS) is 15.2. The molecular formula is C22H28N2O3S2. The van der Waals surface area contributed by atoms with E-state index >= 15 is 0 Å². The number of nitrogens with one attached hydrogen (secondary N) is 1. The van der Waals surface area contributed by atoms with Gasteiger partial charge in [-0.2, -0.15) is 16.1 Å². The predicted octanol–water partition coefficient (Wildman–Crippen LogP) is 3.83. The van der Waals surface area contributed by atoms with E-state index in [4.69, 9.17) is 0 Å². The summed E-state index contributed by atoms with van der Waals surface area (Å²) in [4.78, 5) is 12.7. The van der Waals surface area contributed by atoms with Crippen molar-refractivity contribution in [3.63, 3.8) is 0 Å². The van der Waals surface area contributed by atoms with Crippen LogP contribution in [0.1, 0.15) is 40.7 Å². The van der Waals surface area contributed by atoms with Gasteiger partial charge in [-0.3, -0.25) is 4.79 Å². The number of hydrogen-bond donors (Lipinski definition) is 1. The molecule has 1 saturated heterocycles. The van der Waals surface area contributed by atoms with Crippen LogP contribution in [0.25, 0.3) is 0 Å². The monoisotopic (exact) mass is 432 g/mol. The highest BCUT2D eigenvalue weighted by atomic mass is 32.2. The van der Waals surface area contributed by atoms with Crippen LogP contribution in [-0.2, 0) is 15.8 Å². The van der Waals surface area contributed by atoms with Gasteiger partial charge in [-0.15, -0.1) is 0 Å². The zero-order valence-corrected chi connectivity index (χ0v) is 18.4. The van der Waals surface area contributed by atoms with E-state index in [0.717, 1.165) is 30.8 Å². The van der Waals surface area contributed by atoms with Crippen molar-refractivity contribution in [2.24, 2.45) is 0 Å². The number of carbonyl (C=O) groups is 1. The number of piperidine rings is 1. The number of rotatable bonds is 8. The standard InChI is InChI=1S/C22H28N2O3S2/c1-18-8-3-4-9-20(18)17-28-15-12-23-22(25)19-10-7-11-21(16-19)29(26,27)24-13-5-2-6-14-24/h3-4,7-11,16H,2,5-6,12-15,17H2,1H3,(H,23,25). The predicted molar refractivity (Wildman–Crippen MR) is 119 cm³/mol. The molecule has 1 aliphatic heterocycles. The molecular weight excluding hydrogens is 404 g/mol. The van der Waals surface area contributed by atoms with Gasteiger partial charge >= 0.3 is 0 Å². The lowest BCUT2D eigenvalue weighted by Crippen LogP contribution is -2.35. The SMILES string of the molecule is Cc1ccccc1CSCCNC(=O)c1cccc(S(=O)(=O)N2CCCCC2)c1. The van der Waals surface area contributed by atoms with E-state index in [-0.39, 0.29) is 10.8 Å². The highest BCUT2D eigenvalue weighted by Crippen LogP contribution is 2.21. The van der Waals surface area contributed by atoms with Crippen LogP contribution in [-0.4, -0.2) is 44.0 Å². The van der Waals surface area contributed by atoms with Crippen LogP contribution < -0.4 is 5.32 Å². The van der Waals surface area contributed by atoms with Crippen LogP contribution in [0.15, 0.2) is 53.4 Å². The van der Waals surface area contributed by atoms with Gasteiger partial charge in [-0.25, -0.2) is 8.42 Å². The third-order valence-electron chi connectivity index (χ3n) is 5.10. The van der Waals surface area contributed by atoms with E-state index in [0.29, 0.717) is 25.2 Å². The topological polar surface area (TPSA) is 66.5 Å². The van der Waals surface area contributed by atoms with Crippen LogP contribution in [0, 0.1) is 6.92 Å². The first kappa shape index (κ1) is 21.9. The highest BCUT2D eigenvalue weighted by Gasteiger charge is 2.26. The molecule has 156 valence electrons. The summed E-state index contributed by atoms with van der Waals surface area (Å²) in [5, 5.41) is 2.89. The summed E-state index contributed by atoms with van der Waals surface area (Å²) in [6, 6.07) is 14.6. The average Bonchev–Trinajstić information content (AvgIpc) is 2.75. The van der Waals surface area contributed by atoms with Crippen molar-refractivity contribution in [2.45, 2.75) is 36.8 Å². The van der Waals surface area contributed by atoms with E-state index in [1.54, 1.807) is 30.0 Å². The van der Waals surface area contributed by atoms with Crippen molar-refractivity contribution in [1.82, 2.24) is 9.62 Å². The Morgan fingerprint density at radius 2 is 1.83 bits per heavy atom. The van der Waals surface area contributed by atoms with Crippen LogP contribution in [0.2, 0.25) is 0 Å². The van der Waals surface area contributed by atoms with Gasteiger partial charge in [-0.05, 0) is 49.1 Å². The minimum absolute atomic E-state index is 0.195. The number of hydrogen-bond acceptors (Lipinski definition) is 4. The lowest BCUT2D eigenvalue weighted by atomic mass is 10.1. The van der Waals surface area contributed by atoms with Gasteiger partial charge in [0.1, 0.15) is 0 Å². The van der Waals surface area contributed by atoms with Gasteiger partial charge in [-0.1, -0.05) is 36.8 Å². The first-order valence-electron chi connectivity index (χ1n) is 9.99. The number of amides is 1. The number of carbonyl (C=O) groups excluding carboxylic acids is 1. The maximum atomic E-state index is 12.8. The summed E-state index contributed by atoms with van der Waals surface area (Å²) in [6.45, 7) is 3.74. The van der Waals surface area contributed by atoms with Gasteiger partial charge in [0, 0.05) is 36.7 Å². The summed E-state index contributed by atoms with van der Waals surface area (Å²) >= 11 is 1.77. The highest BCUT2D eigenvalue weighted by molar-refractivity contribution is 7.98. The molecule has 0 aliphatic carbocycles. The van der Waals surface area contributed by atoms with Gasteiger partial charge in [0.25, 0.3) is 5.91 Å². The smallest absolute Gasteiger partial charge is 0.251 e. The Bertz CT molecular complexity index is 939. The second-order valence-corrected chi connectivity index (χ2v) is 10.3. The van der Waals surface area contributed by atoms with Crippen LogP contribution >= 0.6 is 11.8 Å². The van der Waals surface area contributed by atoms with E-state index < -0.39 is 10.0 Å². The minimum Gasteiger partial charge on any atom is -0.351 e. The van der Waals surface area contributed by atoms with Crippen molar-refractivity contribution in [3.05, 3.63) is 65.2 Å². The third-order valence-corrected chi connectivity index (χ3v) is 8.00. The number of thioether (sulfide) groups is 1. The average molecular weight is 433 g/mol. The molecule has 7 heteroatoms. The maximum absolute atomic E-state index is 12.8. The fourth-order valence-corrected chi connectivity index (χ4v) is 5.84. The molecule has 29 heavy (non-hydrogen) atoms. The van der Waals surface area contributed by atoms with E-state index in [1.807, 2.05) is 12.1 Å². The lowest BCUT2D eigenvalue weighted by molar-refractivity contribution is 0.0956. The van der Waals surface area contributed by atoms with Crippen molar-refractivity contribution >= 4 is 27.7 Å². The second-order valence-electron chi connectivity index (χ2n) is 7.23. The summed E-state index contributed by atoms with van der Waals surface area (Å²) < 4.78 is 27.2. The molecule has 2 aromatic rings. The number of nitrogens with zero attached hydrogens (tertiary/aromatic N) is 1. The van der Waals surface area contributed by atoms with Crippen LogP contribution in [0.5, 0.6) is 0 Å². The van der Waals surface area contributed by atoms with Crippen molar-refractivity contribution in [1.29, 1.82) is 0 Å². The van der Waals surface area contributed by atoms with Crippen molar-refractivity contribution in [2.75, 3.05) is 25.4 Å². The molecule has 0 saturated carbocycles. The molecule has 0 aromatic heterocycles. The zero-order chi connectivity index (χ0) is 20.7. The van der Waals surface area contributed by atoms with E-state index in [1.165, 1.54) is 21.5 Å². The van der Waals surface area contributed by atoms with E-state index in [9.17, 15) is 13.2 Å². The summed E-state index contributed by atoms with van der Waals surface area (Å²) in [5.74, 6) is 1.47. The van der Waals surface area contributed by atoms with Gasteiger partial charge in [0.2, 0.25) is 10.0 Å². The minimum atomic E-state index is -3.53. The number of aryl methyl sites for hydroxylation is 1. The summed E-state index contributed by atoms with van der Waals surface area (Å²) in [5.41, 5.74) is 2.96. The van der Waals surface area contributed by atoms with Gasteiger partial charge < -0.3 is 5.32 Å². The molecule has 0 bridgehead atoms. The summed E-state index contributed by atoms with van der Waals surface area (Å²) in [6.07, 6.45) is 2.84.